The minimum Gasteiger partial charge on any atom is -0.481 e. The maximum atomic E-state index is 13.1. The normalized spacial score (nSPS) is 29.0. The summed E-state index contributed by atoms with van der Waals surface area (Å²) in [5.74, 6) is -5.05. The molecular weight excluding hydrogens is 349 g/mol. The molecular formula is C18H21F3N2O3. The molecule has 2 fully saturated rings. The van der Waals surface area contributed by atoms with Gasteiger partial charge in [0.1, 0.15) is 0 Å². The second-order valence-electron chi connectivity index (χ2n) is 7.00. The maximum absolute atomic E-state index is 13.1. The van der Waals surface area contributed by atoms with Gasteiger partial charge in [0.25, 0.3) is 0 Å². The first-order chi connectivity index (χ1) is 12.3. The summed E-state index contributed by atoms with van der Waals surface area (Å²) in [6.45, 7) is -1.04. The van der Waals surface area contributed by atoms with E-state index in [2.05, 4.69) is 5.32 Å². The second-order valence-corrected chi connectivity index (χ2v) is 7.00. The van der Waals surface area contributed by atoms with E-state index in [0.29, 0.717) is 0 Å². The van der Waals surface area contributed by atoms with Crippen molar-refractivity contribution in [3.05, 3.63) is 35.9 Å². The van der Waals surface area contributed by atoms with Crippen molar-refractivity contribution in [2.45, 2.75) is 37.4 Å². The van der Waals surface area contributed by atoms with Gasteiger partial charge in [-0.15, -0.1) is 0 Å². The highest BCUT2D eigenvalue weighted by atomic mass is 19.4. The van der Waals surface area contributed by atoms with Gasteiger partial charge in [0.2, 0.25) is 0 Å². The molecule has 0 aromatic heterocycles. The first-order valence-corrected chi connectivity index (χ1v) is 8.67. The predicted octanol–water partition coefficient (Wildman–Crippen LogP) is 3.23. The third-order valence-corrected chi connectivity index (χ3v) is 5.40. The van der Waals surface area contributed by atoms with Crippen molar-refractivity contribution in [3.8, 4) is 0 Å². The zero-order valence-corrected chi connectivity index (χ0v) is 14.1. The van der Waals surface area contributed by atoms with Gasteiger partial charge in [0, 0.05) is 25.0 Å². The Hall–Kier alpha value is -2.25. The number of urea groups is 1. The summed E-state index contributed by atoms with van der Waals surface area (Å²) < 4.78 is 39.2. The van der Waals surface area contributed by atoms with Crippen LogP contribution in [0.2, 0.25) is 0 Å². The van der Waals surface area contributed by atoms with Gasteiger partial charge in [-0.2, -0.15) is 13.2 Å². The number of aliphatic carboxylic acids is 1. The van der Waals surface area contributed by atoms with Crippen molar-refractivity contribution < 1.29 is 27.9 Å². The molecule has 0 spiro atoms. The lowest BCUT2D eigenvalue weighted by atomic mass is 9.94. The number of likely N-dealkylation sites (tertiary alicyclic amines) is 1. The standard InChI is InChI=1S/C18H21F3N2O3/c19-18(20,21)14-10-23(9-13(14)16(24)25)17(26)22-15-8-4-7-12(15)11-5-2-1-3-6-11/h1-3,5-6,12-15H,4,7-10H2,(H,22,26)(H,24,25)/t12?,13-,14-,15?/m1/s1. The fraction of sp³-hybridized carbons (Fsp3) is 0.556. The van der Waals surface area contributed by atoms with Crippen molar-refractivity contribution in [2.75, 3.05) is 13.1 Å². The number of benzene rings is 1. The number of amides is 2. The number of hydrogen-bond donors (Lipinski definition) is 2. The van der Waals surface area contributed by atoms with E-state index in [9.17, 15) is 22.8 Å². The highest BCUT2D eigenvalue weighted by molar-refractivity contribution is 5.78. The van der Waals surface area contributed by atoms with E-state index in [1.807, 2.05) is 30.3 Å². The molecule has 0 radical (unpaired) electrons. The lowest BCUT2D eigenvalue weighted by Crippen LogP contribution is -2.45. The molecule has 5 nitrogen and oxygen atoms in total. The first-order valence-electron chi connectivity index (χ1n) is 8.67. The lowest BCUT2D eigenvalue weighted by Gasteiger charge is -2.25. The average molecular weight is 370 g/mol. The van der Waals surface area contributed by atoms with Gasteiger partial charge in [0.15, 0.2) is 0 Å². The minimum atomic E-state index is -4.64. The third-order valence-electron chi connectivity index (χ3n) is 5.40. The van der Waals surface area contributed by atoms with Gasteiger partial charge < -0.3 is 15.3 Å². The van der Waals surface area contributed by atoms with Gasteiger partial charge in [0.05, 0.1) is 11.8 Å². The molecule has 1 saturated carbocycles. The molecule has 142 valence electrons. The van der Waals surface area contributed by atoms with Gasteiger partial charge in [-0.3, -0.25) is 4.79 Å². The van der Waals surface area contributed by atoms with Crippen LogP contribution in [0.3, 0.4) is 0 Å². The zero-order valence-electron chi connectivity index (χ0n) is 14.1. The van der Waals surface area contributed by atoms with Crippen molar-refractivity contribution >= 4 is 12.0 Å². The molecule has 1 heterocycles. The number of rotatable bonds is 3. The fourth-order valence-electron chi connectivity index (χ4n) is 4.03. The van der Waals surface area contributed by atoms with E-state index in [0.717, 1.165) is 29.7 Å². The largest absolute Gasteiger partial charge is 0.481 e. The summed E-state index contributed by atoms with van der Waals surface area (Å²) in [6, 6.07) is 8.92. The van der Waals surface area contributed by atoms with Crippen LogP contribution in [0.25, 0.3) is 0 Å². The molecule has 1 aromatic rings. The quantitative estimate of drug-likeness (QED) is 0.858. The Kier molecular flexibility index (Phi) is 5.11. The molecule has 8 heteroatoms. The van der Waals surface area contributed by atoms with Crippen LogP contribution in [0, 0.1) is 11.8 Å². The Balaban J connectivity index is 1.67. The number of carboxylic acid groups (broad SMARTS) is 1. The van der Waals surface area contributed by atoms with E-state index < -0.39 is 43.1 Å². The monoisotopic (exact) mass is 370 g/mol. The molecule has 0 bridgehead atoms. The van der Waals surface area contributed by atoms with Crippen molar-refractivity contribution in [2.24, 2.45) is 11.8 Å². The number of halogens is 3. The summed E-state index contributed by atoms with van der Waals surface area (Å²) in [6.07, 6.45) is -2.06. The summed E-state index contributed by atoms with van der Waals surface area (Å²) in [4.78, 5) is 24.6. The van der Waals surface area contributed by atoms with Crippen LogP contribution in [-0.4, -0.2) is 47.3 Å². The molecule has 1 aliphatic carbocycles. The summed E-state index contributed by atoms with van der Waals surface area (Å²) >= 11 is 0. The number of carbonyl (C=O) groups is 2. The van der Waals surface area contributed by atoms with Gasteiger partial charge >= 0.3 is 18.2 Å². The van der Waals surface area contributed by atoms with Crippen LogP contribution >= 0.6 is 0 Å². The summed E-state index contributed by atoms with van der Waals surface area (Å²) in [5, 5.41) is 11.9. The average Bonchev–Trinajstić information content (AvgIpc) is 3.22. The van der Waals surface area contributed by atoms with Crippen molar-refractivity contribution in [1.82, 2.24) is 10.2 Å². The molecule has 4 atom stereocenters. The highest BCUT2D eigenvalue weighted by Gasteiger charge is 2.53. The second kappa shape index (κ2) is 7.17. The number of alkyl halides is 3. The molecule has 3 rings (SSSR count). The molecule has 2 unspecified atom stereocenters. The van der Waals surface area contributed by atoms with Crippen molar-refractivity contribution in [1.29, 1.82) is 0 Å². The van der Waals surface area contributed by atoms with Crippen LogP contribution in [0.1, 0.15) is 30.7 Å². The molecule has 2 N–H and O–H groups in total. The van der Waals surface area contributed by atoms with Crippen LogP contribution in [-0.2, 0) is 4.79 Å². The minimum absolute atomic E-state index is 0.122. The van der Waals surface area contributed by atoms with Gasteiger partial charge in [-0.25, -0.2) is 4.79 Å². The lowest BCUT2D eigenvalue weighted by molar-refractivity contribution is -0.187. The first kappa shape index (κ1) is 18.5. The number of nitrogens with zero attached hydrogens (tertiary/aromatic N) is 1. The number of hydrogen-bond acceptors (Lipinski definition) is 2. The number of carbonyl (C=O) groups excluding carboxylic acids is 1. The zero-order chi connectivity index (χ0) is 18.9. The van der Waals surface area contributed by atoms with E-state index >= 15 is 0 Å². The topological polar surface area (TPSA) is 69.6 Å². The smallest absolute Gasteiger partial charge is 0.394 e. The SMILES string of the molecule is O=C(O)[C@@H]1CN(C(=O)NC2CCCC2c2ccccc2)C[C@H]1C(F)(F)F. The molecule has 1 aliphatic heterocycles. The van der Waals surface area contributed by atoms with E-state index in [4.69, 9.17) is 5.11 Å². The molecule has 2 aliphatic rings. The Morgan fingerprint density at radius 2 is 1.81 bits per heavy atom. The summed E-state index contributed by atoms with van der Waals surface area (Å²) in [5.41, 5.74) is 1.09. The van der Waals surface area contributed by atoms with Crippen LogP contribution < -0.4 is 5.32 Å². The molecule has 2 amide bonds. The van der Waals surface area contributed by atoms with Gasteiger partial charge in [-0.1, -0.05) is 36.8 Å². The maximum Gasteiger partial charge on any atom is 0.394 e. The Labute approximate surface area is 149 Å². The highest BCUT2D eigenvalue weighted by Crippen LogP contribution is 2.38. The fourth-order valence-corrected chi connectivity index (χ4v) is 4.03. The predicted molar refractivity (Wildman–Crippen MR) is 87.6 cm³/mol. The molecule has 26 heavy (non-hydrogen) atoms. The van der Waals surface area contributed by atoms with E-state index in [-0.39, 0.29) is 12.0 Å². The van der Waals surface area contributed by atoms with E-state index in [1.54, 1.807) is 0 Å². The number of nitrogens with one attached hydrogen (secondary N) is 1. The summed E-state index contributed by atoms with van der Waals surface area (Å²) in [7, 11) is 0. The number of carboxylic acids is 1. The van der Waals surface area contributed by atoms with E-state index in [1.165, 1.54) is 0 Å². The molecule has 1 aromatic carbocycles. The van der Waals surface area contributed by atoms with Crippen molar-refractivity contribution in [3.63, 3.8) is 0 Å². The van der Waals surface area contributed by atoms with Crippen LogP contribution in [0.5, 0.6) is 0 Å². The van der Waals surface area contributed by atoms with Gasteiger partial charge in [-0.05, 0) is 18.4 Å². The Morgan fingerprint density at radius 1 is 1.12 bits per heavy atom. The Bertz CT molecular complexity index is 665. The third kappa shape index (κ3) is 3.78. The van der Waals surface area contributed by atoms with Crippen LogP contribution in [0.4, 0.5) is 18.0 Å². The Morgan fingerprint density at radius 3 is 2.38 bits per heavy atom. The van der Waals surface area contributed by atoms with Crippen LogP contribution in [0.15, 0.2) is 30.3 Å². The molecule has 1 saturated heterocycles.